The zero-order chi connectivity index (χ0) is 33.9. The second-order valence-corrected chi connectivity index (χ2v) is 15.1. The maximum atomic E-state index is 12.4. The minimum absolute atomic E-state index is 0.0620. The Morgan fingerprint density at radius 1 is 0.587 bits per heavy atom. The lowest BCUT2D eigenvalue weighted by Crippen LogP contribution is -2.45. The second-order valence-electron chi connectivity index (χ2n) is 15.1. The molecule has 0 aliphatic heterocycles. The third kappa shape index (κ3) is 33.0. The maximum Gasteiger partial charge on any atom is 0.220 e. The summed E-state index contributed by atoms with van der Waals surface area (Å²) in [5.41, 5.74) is 0. The maximum absolute atomic E-state index is 12.4. The molecule has 0 saturated carbocycles. The van der Waals surface area contributed by atoms with Gasteiger partial charge in [-0.25, -0.2) is 0 Å². The van der Waals surface area contributed by atoms with Crippen molar-refractivity contribution < 1.29 is 15.0 Å². The highest BCUT2D eigenvalue weighted by molar-refractivity contribution is 5.76. The molecule has 0 radical (unpaired) electrons. The molecule has 3 atom stereocenters. The first kappa shape index (κ1) is 45.1. The Morgan fingerprint density at radius 2 is 0.978 bits per heavy atom. The van der Waals surface area contributed by atoms with Gasteiger partial charge in [-0.2, -0.15) is 0 Å². The van der Waals surface area contributed by atoms with Gasteiger partial charge in [0.1, 0.15) is 0 Å². The summed E-state index contributed by atoms with van der Waals surface area (Å²) >= 11 is 0. The lowest BCUT2D eigenvalue weighted by molar-refractivity contribution is -0.123. The number of rotatable bonds is 36. The van der Waals surface area contributed by atoms with Crippen molar-refractivity contribution in [3.8, 4) is 0 Å². The molecule has 0 aromatic heterocycles. The summed E-state index contributed by atoms with van der Waals surface area (Å²) in [4.78, 5) is 12.4. The van der Waals surface area contributed by atoms with Crippen LogP contribution in [-0.2, 0) is 4.79 Å². The first-order chi connectivity index (χ1) is 22.4. The van der Waals surface area contributed by atoms with Crippen LogP contribution in [0.4, 0.5) is 0 Å². The van der Waals surface area contributed by atoms with Crippen molar-refractivity contribution in [2.45, 2.75) is 232 Å². The monoisotopic (exact) mass is 650 g/mol. The molecule has 0 aliphatic rings. The third-order valence-electron chi connectivity index (χ3n) is 9.99. The summed E-state index contributed by atoms with van der Waals surface area (Å²) < 4.78 is 0. The van der Waals surface area contributed by atoms with Gasteiger partial charge in [0, 0.05) is 6.42 Å². The smallest absolute Gasteiger partial charge is 0.220 e. The first-order valence-electron chi connectivity index (χ1n) is 20.7. The summed E-state index contributed by atoms with van der Waals surface area (Å²) in [5.74, 6) is 1.69. The fourth-order valence-corrected chi connectivity index (χ4v) is 6.40. The van der Waals surface area contributed by atoms with Crippen LogP contribution >= 0.6 is 0 Å². The molecule has 0 fully saturated rings. The van der Waals surface area contributed by atoms with Gasteiger partial charge in [0.2, 0.25) is 5.91 Å². The van der Waals surface area contributed by atoms with E-state index in [4.69, 9.17) is 0 Å². The molecule has 0 aliphatic carbocycles. The van der Waals surface area contributed by atoms with Gasteiger partial charge >= 0.3 is 0 Å². The fraction of sp³-hybridized carbons (Fsp3) is 0.929. The van der Waals surface area contributed by atoms with Crippen LogP contribution in [0.5, 0.6) is 0 Å². The van der Waals surface area contributed by atoms with Crippen LogP contribution < -0.4 is 5.32 Å². The van der Waals surface area contributed by atoms with Gasteiger partial charge in [0.15, 0.2) is 0 Å². The molecule has 46 heavy (non-hydrogen) atoms. The molecule has 0 bridgehead atoms. The third-order valence-corrected chi connectivity index (χ3v) is 9.99. The molecule has 4 nitrogen and oxygen atoms in total. The standard InChI is InChI=1S/C42H83NO3/c1-5-39(4)34-30-26-22-18-15-16-19-23-27-31-35-41(45)40(37-44)43-42(46)36-32-28-24-20-14-12-10-8-6-7-9-11-13-17-21-25-29-33-38(2)3/h31,35,38-41,44-45H,5-30,32-34,36-37H2,1-4H3,(H,43,46)/b35-31+/t39-,40-,41+/m0/s1. The van der Waals surface area contributed by atoms with Gasteiger partial charge in [-0.1, -0.05) is 207 Å². The van der Waals surface area contributed by atoms with Crippen molar-refractivity contribution in [1.29, 1.82) is 0 Å². The van der Waals surface area contributed by atoms with E-state index < -0.39 is 12.1 Å². The van der Waals surface area contributed by atoms with E-state index >= 15 is 0 Å². The number of hydrogen-bond donors (Lipinski definition) is 3. The normalized spacial score (nSPS) is 13.9. The van der Waals surface area contributed by atoms with Crippen LogP contribution in [0, 0.1) is 11.8 Å². The molecule has 3 N–H and O–H groups in total. The quantitative estimate of drug-likeness (QED) is 0.0467. The van der Waals surface area contributed by atoms with Gasteiger partial charge in [0.25, 0.3) is 0 Å². The Balaban J connectivity index is 3.55. The predicted molar refractivity (Wildman–Crippen MR) is 202 cm³/mol. The molecule has 1 amide bonds. The van der Waals surface area contributed by atoms with Crippen molar-refractivity contribution in [2.24, 2.45) is 11.8 Å². The van der Waals surface area contributed by atoms with Crippen LogP contribution in [0.15, 0.2) is 12.2 Å². The Bertz CT molecular complexity index is 649. The average Bonchev–Trinajstić information content (AvgIpc) is 3.04. The number of aliphatic hydroxyl groups excluding tert-OH is 2. The van der Waals surface area contributed by atoms with Crippen molar-refractivity contribution in [3.05, 3.63) is 12.2 Å². The van der Waals surface area contributed by atoms with Crippen molar-refractivity contribution in [2.75, 3.05) is 6.61 Å². The highest BCUT2D eigenvalue weighted by Gasteiger charge is 2.17. The number of unbranched alkanes of at least 4 members (excludes halogenated alkanes) is 24. The van der Waals surface area contributed by atoms with E-state index in [9.17, 15) is 15.0 Å². The fourth-order valence-electron chi connectivity index (χ4n) is 6.40. The van der Waals surface area contributed by atoms with Crippen molar-refractivity contribution >= 4 is 5.91 Å². The van der Waals surface area contributed by atoms with Crippen LogP contribution in [0.1, 0.15) is 220 Å². The topological polar surface area (TPSA) is 69.6 Å². The van der Waals surface area contributed by atoms with E-state index in [2.05, 4.69) is 33.0 Å². The number of carbonyl (C=O) groups excluding carboxylic acids is 1. The number of nitrogens with one attached hydrogen (secondary N) is 1. The Hall–Kier alpha value is -0.870. The lowest BCUT2D eigenvalue weighted by atomic mass is 9.99. The van der Waals surface area contributed by atoms with Crippen LogP contribution in [0.2, 0.25) is 0 Å². The zero-order valence-electron chi connectivity index (χ0n) is 31.7. The number of carbonyl (C=O) groups is 1. The van der Waals surface area contributed by atoms with Gasteiger partial charge in [-0.05, 0) is 31.1 Å². The van der Waals surface area contributed by atoms with Crippen LogP contribution in [-0.4, -0.2) is 34.9 Å². The molecule has 0 rings (SSSR count). The minimum atomic E-state index is -0.835. The molecule has 274 valence electrons. The lowest BCUT2D eigenvalue weighted by Gasteiger charge is -2.20. The Kier molecular flexibility index (Phi) is 34.8. The van der Waals surface area contributed by atoms with E-state index in [-0.39, 0.29) is 12.5 Å². The summed E-state index contributed by atoms with van der Waals surface area (Å²) in [7, 11) is 0. The Labute approximate surface area is 288 Å². The van der Waals surface area contributed by atoms with E-state index in [0.29, 0.717) is 6.42 Å². The van der Waals surface area contributed by atoms with E-state index in [1.807, 2.05) is 6.08 Å². The molecule has 4 heteroatoms. The molecule has 0 spiro atoms. The number of hydrogen-bond acceptors (Lipinski definition) is 3. The minimum Gasteiger partial charge on any atom is -0.394 e. The molecule has 0 saturated heterocycles. The molecule has 0 unspecified atom stereocenters. The SMILES string of the molecule is CC[C@H](C)CCCCCCCCCC/C=C/[C@@H](O)[C@H](CO)NC(=O)CCCCCCCCCCCCCCCCCCCC(C)C. The summed E-state index contributed by atoms with van der Waals surface area (Å²) in [6.07, 6.45) is 41.6. The number of amides is 1. The number of allylic oxidation sites excluding steroid dienone is 1. The molecular formula is C42H83NO3. The van der Waals surface area contributed by atoms with Gasteiger partial charge < -0.3 is 15.5 Å². The van der Waals surface area contributed by atoms with Gasteiger partial charge in [-0.15, -0.1) is 0 Å². The van der Waals surface area contributed by atoms with Gasteiger partial charge in [-0.3, -0.25) is 4.79 Å². The predicted octanol–water partition coefficient (Wildman–Crippen LogP) is 12.4. The summed E-state index contributed by atoms with van der Waals surface area (Å²) in [6, 6.07) is -0.617. The van der Waals surface area contributed by atoms with Crippen molar-refractivity contribution in [3.63, 3.8) is 0 Å². The van der Waals surface area contributed by atoms with Crippen LogP contribution in [0.3, 0.4) is 0 Å². The largest absolute Gasteiger partial charge is 0.394 e. The van der Waals surface area contributed by atoms with Gasteiger partial charge in [0.05, 0.1) is 18.8 Å². The average molecular weight is 650 g/mol. The van der Waals surface area contributed by atoms with Crippen molar-refractivity contribution in [1.82, 2.24) is 5.32 Å². The molecule has 0 aromatic carbocycles. The molecular weight excluding hydrogens is 566 g/mol. The van der Waals surface area contributed by atoms with E-state index in [1.165, 1.54) is 161 Å². The summed E-state index contributed by atoms with van der Waals surface area (Å²) in [6.45, 7) is 9.06. The molecule has 0 aromatic rings. The number of aliphatic hydroxyl groups is 2. The van der Waals surface area contributed by atoms with Crippen LogP contribution in [0.25, 0.3) is 0 Å². The summed E-state index contributed by atoms with van der Waals surface area (Å²) in [5, 5.41) is 23.0. The highest BCUT2D eigenvalue weighted by atomic mass is 16.3. The Morgan fingerprint density at radius 3 is 1.39 bits per heavy atom. The zero-order valence-corrected chi connectivity index (χ0v) is 31.7. The second kappa shape index (κ2) is 35.4. The first-order valence-corrected chi connectivity index (χ1v) is 20.7. The van der Waals surface area contributed by atoms with E-state index in [1.54, 1.807) is 6.08 Å². The molecule has 0 heterocycles. The van der Waals surface area contributed by atoms with E-state index in [0.717, 1.165) is 37.5 Å². The highest BCUT2D eigenvalue weighted by Crippen LogP contribution is 2.17.